The van der Waals surface area contributed by atoms with Crippen molar-refractivity contribution in [1.82, 2.24) is 0 Å². The van der Waals surface area contributed by atoms with Gasteiger partial charge in [-0.1, -0.05) is 0 Å². The third kappa shape index (κ3) is 2.80. The Morgan fingerprint density at radius 2 is 1.94 bits per heavy atom. The first-order valence-corrected chi connectivity index (χ1v) is 6.93. The zero-order valence-electron chi connectivity index (χ0n) is 10.5. The molecule has 0 aromatic carbocycles. The third-order valence-electron chi connectivity index (χ3n) is 3.64. The van der Waals surface area contributed by atoms with E-state index in [1.807, 2.05) is 0 Å². The molecule has 3 heteroatoms. The number of hydrogen-bond acceptors (Lipinski definition) is 3. The Kier molecular flexibility index (Phi) is 3.37. The van der Waals surface area contributed by atoms with Gasteiger partial charge >= 0.3 is 0 Å². The van der Waals surface area contributed by atoms with Crippen LogP contribution < -0.4 is 0 Å². The van der Waals surface area contributed by atoms with Crippen LogP contribution in [-0.4, -0.2) is 17.6 Å². The van der Waals surface area contributed by atoms with Crippen molar-refractivity contribution in [2.75, 3.05) is 6.61 Å². The lowest BCUT2D eigenvalue weighted by Gasteiger charge is -2.56. The molecule has 0 unspecified atom stereocenters. The molecule has 2 aliphatic carbocycles. The average molecular weight is 242 g/mol. The lowest BCUT2D eigenvalue weighted by atomic mass is 9.48. The summed E-state index contributed by atoms with van der Waals surface area (Å²) in [5.41, 5.74) is 0.548. The summed E-state index contributed by atoms with van der Waals surface area (Å²) in [7, 11) is 0. The second-order valence-electron chi connectivity index (χ2n) is 6.56. The number of hydrogen-bond donors (Lipinski definition) is 0. The molecule has 2 fully saturated rings. The van der Waals surface area contributed by atoms with E-state index in [0.29, 0.717) is 11.3 Å². The monoisotopic (exact) mass is 242 g/mol. The van der Waals surface area contributed by atoms with Gasteiger partial charge < -0.3 is 8.98 Å². The number of rotatable bonds is 4. The summed E-state index contributed by atoms with van der Waals surface area (Å²) in [5, 5.41) is 0. The van der Waals surface area contributed by atoms with E-state index in [1.165, 1.54) is 12.8 Å². The van der Waals surface area contributed by atoms with Gasteiger partial charge in [-0.2, -0.15) is 0 Å². The smallest absolute Gasteiger partial charge is 0.123 e. The van der Waals surface area contributed by atoms with Crippen molar-refractivity contribution in [3.8, 4) is 0 Å². The lowest BCUT2D eigenvalue weighted by Crippen LogP contribution is -2.49. The molecule has 1 spiro atoms. The third-order valence-corrected chi connectivity index (χ3v) is 4.39. The van der Waals surface area contributed by atoms with Gasteiger partial charge in [0, 0.05) is 10.7 Å². The molecular formula is C13H22O2S. The molecule has 0 N–H and O–H groups in total. The molecule has 0 radical (unpaired) electrons. The minimum atomic E-state index is 0.195. The second kappa shape index (κ2) is 4.34. The topological polar surface area (TPSA) is 26.3 Å². The molecule has 2 rings (SSSR count). The zero-order chi connectivity index (χ0) is 11.8. The quantitative estimate of drug-likeness (QED) is 0.558. The summed E-state index contributed by atoms with van der Waals surface area (Å²) in [6, 6.07) is 0. The SMILES string of the molecule is CC(C)(C)SOCC1CC2(CC(C=O)C2)C1. The van der Waals surface area contributed by atoms with Gasteiger partial charge in [0.05, 0.1) is 6.61 Å². The highest BCUT2D eigenvalue weighted by Gasteiger charge is 2.52. The molecule has 0 aliphatic heterocycles. The number of aldehydes is 1. The van der Waals surface area contributed by atoms with Gasteiger partial charge in [-0.25, -0.2) is 0 Å². The van der Waals surface area contributed by atoms with Gasteiger partial charge in [-0.05, 0) is 69.8 Å². The second-order valence-corrected chi connectivity index (χ2v) is 8.19. The van der Waals surface area contributed by atoms with Crippen LogP contribution in [0.25, 0.3) is 0 Å². The molecule has 2 saturated carbocycles. The van der Waals surface area contributed by atoms with Crippen LogP contribution in [0.1, 0.15) is 46.5 Å². The van der Waals surface area contributed by atoms with Gasteiger partial charge in [0.15, 0.2) is 0 Å². The summed E-state index contributed by atoms with van der Waals surface area (Å²) in [6.07, 6.45) is 5.97. The van der Waals surface area contributed by atoms with Crippen LogP contribution in [-0.2, 0) is 8.98 Å². The minimum Gasteiger partial charge on any atom is -0.314 e. The predicted octanol–water partition coefficient (Wildman–Crippen LogP) is 3.46. The van der Waals surface area contributed by atoms with Crippen LogP contribution in [0.2, 0.25) is 0 Å². The standard InChI is InChI=1S/C13H22O2S/c1-12(2,3)16-15-9-11-6-13(7-11)4-10(5-13)8-14/h8,10-11H,4-7,9H2,1-3H3. The van der Waals surface area contributed by atoms with E-state index >= 15 is 0 Å². The highest BCUT2D eigenvalue weighted by Crippen LogP contribution is 2.60. The largest absolute Gasteiger partial charge is 0.314 e. The van der Waals surface area contributed by atoms with Crippen LogP contribution in [0.3, 0.4) is 0 Å². The van der Waals surface area contributed by atoms with Gasteiger partial charge in [0.2, 0.25) is 0 Å². The average Bonchev–Trinajstić information content (AvgIpc) is 2.03. The fraction of sp³-hybridized carbons (Fsp3) is 0.923. The maximum Gasteiger partial charge on any atom is 0.123 e. The summed E-state index contributed by atoms with van der Waals surface area (Å²) >= 11 is 1.59. The molecular weight excluding hydrogens is 220 g/mol. The summed E-state index contributed by atoms with van der Waals surface area (Å²) < 4.78 is 5.86. The fourth-order valence-electron chi connectivity index (χ4n) is 3.07. The van der Waals surface area contributed by atoms with Crippen LogP contribution in [0.5, 0.6) is 0 Å². The van der Waals surface area contributed by atoms with Gasteiger partial charge in [0.1, 0.15) is 6.29 Å². The summed E-state index contributed by atoms with van der Waals surface area (Å²) in [5.74, 6) is 1.10. The van der Waals surface area contributed by atoms with Crippen molar-refractivity contribution >= 4 is 18.3 Å². The van der Waals surface area contributed by atoms with Crippen LogP contribution in [0.4, 0.5) is 0 Å². The highest BCUT2D eigenvalue weighted by atomic mass is 32.2. The Morgan fingerprint density at radius 1 is 1.31 bits per heavy atom. The van der Waals surface area contributed by atoms with Crippen molar-refractivity contribution in [2.45, 2.75) is 51.2 Å². The van der Waals surface area contributed by atoms with E-state index in [-0.39, 0.29) is 4.75 Å². The van der Waals surface area contributed by atoms with E-state index in [0.717, 1.165) is 31.7 Å². The molecule has 0 atom stereocenters. The number of carbonyl (C=O) groups excluding carboxylic acids is 1. The summed E-state index contributed by atoms with van der Waals surface area (Å²) in [4.78, 5) is 10.6. The van der Waals surface area contributed by atoms with E-state index in [2.05, 4.69) is 20.8 Å². The van der Waals surface area contributed by atoms with Crippen molar-refractivity contribution in [1.29, 1.82) is 0 Å². The van der Waals surface area contributed by atoms with Crippen LogP contribution in [0, 0.1) is 17.3 Å². The Morgan fingerprint density at radius 3 is 2.44 bits per heavy atom. The molecule has 2 aliphatic rings. The lowest BCUT2D eigenvalue weighted by molar-refractivity contribution is -0.127. The molecule has 0 heterocycles. The maximum atomic E-state index is 10.6. The molecule has 0 saturated heterocycles. The van der Waals surface area contributed by atoms with E-state index in [4.69, 9.17) is 4.18 Å². The van der Waals surface area contributed by atoms with Gasteiger partial charge in [-0.15, -0.1) is 0 Å². The predicted molar refractivity (Wildman–Crippen MR) is 67.2 cm³/mol. The van der Waals surface area contributed by atoms with Crippen molar-refractivity contribution in [2.24, 2.45) is 17.3 Å². The zero-order valence-corrected chi connectivity index (χ0v) is 11.3. The molecule has 0 aromatic heterocycles. The molecule has 0 aromatic rings. The van der Waals surface area contributed by atoms with Crippen molar-refractivity contribution in [3.63, 3.8) is 0 Å². The van der Waals surface area contributed by atoms with Gasteiger partial charge in [0.25, 0.3) is 0 Å². The molecule has 92 valence electrons. The van der Waals surface area contributed by atoms with E-state index < -0.39 is 0 Å². The van der Waals surface area contributed by atoms with Crippen molar-refractivity contribution < 1.29 is 8.98 Å². The summed E-state index contributed by atoms with van der Waals surface area (Å²) in [6.45, 7) is 7.39. The van der Waals surface area contributed by atoms with Crippen molar-refractivity contribution in [3.05, 3.63) is 0 Å². The van der Waals surface area contributed by atoms with Crippen LogP contribution >= 0.6 is 12.0 Å². The fourth-order valence-corrected chi connectivity index (χ4v) is 3.69. The Balaban J connectivity index is 1.58. The normalized spacial score (nSPS) is 37.9. The first-order chi connectivity index (χ1) is 7.42. The molecule has 16 heavy (non-hydrogen) atoms. The Bertz CT molecular complexity index is 256. The Labute approximate surface area is 103 Å². The van der Waals surface area contributed by atoms with Crippen LogP contribution in [0.15, 0.2) is 0 Å². The molecule has 0 amide bonds. The van der Waals surface area contributed by atoms with Gasteiger partial charge in [-0.3, -0.25) is 0 Å². The maximum absolute atomic E-state index is 10.6. The van der Waals surface area contributed by atoms with E-state index in [9.17, 15) is 4.79 Å². The molecule has 0 bridgehead atoms. The molecule has 2 nitrogen and oxygen atoms in total. The highest BCUT2D eigenvalue weighted by molar-refractivity contribution is 7.96. The first kappa shape index (κ1) is 12.4. The first-order valence-electron chi connectivity index (χ1n) is 6.18. The number of carbonyl (C=O) groups is 1. The van der Waals surface area contributed by atoms with E-state index in [1.54, 1.807) is 12.0 Å². The Hall–Kier alpha value is -0.0200. The minimum absolute atomic E-state index is 0.195.